The van der Waals surface area contributed by atoms with Gasteiger partial charge in [0.1, 0.15) is 11.6 Å². The van der Waals surface area contributed by atoms with E-state index in [0.717, 1.165) is 41.5 Å². The molecular weight excluding hydrogens is 238 g/mol. The highest BCUT2D eigenvalue weighted by atomic mass is 16.5. The van der Waals surface area contributed by atoms with E-state index in [1.165, 1.54) is 12.8 Å². The van der Waals surface area contributed by atoms with Crippen molar-refractivity contribution < 1.29 is 4.74 Å². The molecule has 3 rings (SSSR count). The van der Waals surface area contributed by atoms with Crippen LogP contribution >= 0.6 is 0 Å². The number of nitrogens with zero attached hydrogens (tertiary/aromatic N) is 1. The van der Waals surface area contributed by atoms with Crippen molar-refractivity contribution in [3.8, 4) is 5.75 Å². The average Bonchev–Trinajstić information content (AvgIpc) is 3.27. The minimum atomic E-state index is 0.752. The standard InChI is InChI=1S/C15H19N3O/c1-19-14-4-2-3-13-12(14)7-8-17-15(13)18-10-9-16-11-5-6-11/h2-4,7-8,11,16H,5-6,9-10H2,1H3,(H,17,18). The molecule has 2 N–H and O–H groups in total. The largest absolute Gasteiger partial charge is 0.496 e. The first-order valence-corrected chi connectivity index (χ1v) is 6.77. The highest BCUT2D eigenvalue weighted by molar-refractivity contribution is 5.95. The number of pyridine rings is 1. The molecule has 0 bridgehead atoms. The summed E-state index contributed by atoms with van der Waals surface area (Å²) in [7, 11) is 1.70. The van der Waals surface area contributed by atoms with E-state index < -0.39 is 0 Å². The highest BCUT2D eigenvalue weighted by Gasteiger charge is 2.19. The third-order valence-electron chi connectivity index (χ3n) is 3.41. The first kappa shape index (κ1) is 12.2. The minimum absolute atomic E-state index is 0.752. The summed E-state index contributed by atoms with van der Waals surface area (Å²) >= 11 is 0. The van der Waals surface area contributed by atoms with E-state index in [1.54, 1.807) is 7.11 Å². The third-order valence-corrected chi connectivity index (χ3v) is 3.41. The van der Waals surface area contributed by atoms with Gasteiger partial charge < -0.3 is 15.4 Å². The van der Waals surface area contributed by atoms with Crippen molar-refractivity contribution >= 4 is 16.6 Å². The zero-order valence-electron chi connectivity index (χ0n) is 11.1. The molecule has 0 unspecified atom stereocenters. The van der Waals surface area contributed by atoms with E-state index in [-0.39, 0.29) is 0 Å². The molecule has 0 saturated heterocycles. The summed E-state index contributed by atoms with van der Waals surface area (Å²) < 4.78 is 5.38. The number of anilines is 1. The summed E-state index contributed by atoms with van der Waals surface area (Å²) in [5.41, 5.74) is 0. The van der Waals surface area contributed by atoms with E-state index in [1.807, 2.05) is 24.4 Å². The SMILES string of the molecule is COc1cccc2c(NCCNC3CC3)nccc12. The number of nitrogens with one attached hydrogen (secondary N) is 2. The van der Waals surface area contributed by atoms with Crippen LogP contribution in [-0.4, -0.2) is 31.2 Å². The van der Waals surface area contributed by atoms with Crippen LogP contribution in [0.4, 0.5) is 5.82 Å². The second-order valence-corrected chi connectivity index (χ2v) is 4.87. The number of aromatic nitrogens is 1. The molecule has 100 valence electrons. The van der Waals surface area contributed by atoms with E-state index >= 15 is 0 Å². The maximum atomic E-state index is 5.38. The van der Waals surface area contributed by atoms with Gasteiger partial charge in [0.25, 0.3) is 0 Å². The molecule has 1 aliphatic rings. The highest BCUT2D eigenvalue weighted by Crippen LogP contribution is 2.28. The van der Waals surface area contributed by atoms with Crippen LogP contribution < -0.4 is 15.4 Å². The topological polar surface area (TPSA) is 46.2 Å². The normalized spacial score (nSPS) is 14.6. The van der Waals surface area contributed by atoms with Crippen molar-refractivity contribution in [2.75, 3.05) is 25.5 Å². The van der Waals surface area contributed by atoms with Crippen LogP contribution in [0.1, 0.15) is 12.8 Å². The summed E-state index contributed by atoms with van der Waals surface area (Å²) in [6.45, 7) is 1.87. The fourth-order valence-electron chi connectivity index (χ4n) is 2.24. The molecule has 4 nitrogen and oxygen atoms in total. The van der Waals surface area contributed by atoms with Crippen molar-refractivity contribution in [3.05, 3.63) is 30.5 Å². The molecule has 1 fully saturated rings. The van der Waals surface area contributed by atoms with Crippen LogP contribution in [0.2, 0.25) is 0 Å². The molecule has 0 spiro atoms. The Balaban J connectivity index is 1.74. The van der Waals surface area contributed by atoms with Crippen LogP contribution in [0, 0.1) is 0 Å². The van der Waals surface area contributed by atoms with Gasteiger partial charge in [0.05, 0.1) is 7.11 Å². The molecule has 1 aromatic heterocycles. The molecule has 2 aromatic rings. The molecule has 1 aromatic carbocycles. The van der Waals surface area contributed by atoms with Crippen LogP contribution in [0.15, 0.2) is 30.5 Å². The quantitative estimate of drug-likeness (QED) is 0.780. The van der Waals surface area contributed by atoms with Crippen LogP contribution in [0.3, 0.4) is 0 Å². The van der Waals surface area contributed by atoms with Crippen molar-refractivity contribution in [2.24, 2.45) is 0 Å². The number of ether oxygens (including phenoxy) is 1. The van der Waals surface area contributed by atoms with Crippen LogP contribution in [-0.2, 0) is 0 Å². The summed E-state index contributed by atoms with van der Waals surface area (Å²) in [6.07, 6.45) is 4.47. The second-order valence-electron chi connectivity index (χ2n) is 4.87. The second kappa shape index (κ2) is 5.45. The van der Waals surface area contributed by atoms with E-state index in [4.69, 9.17) is 4.74 Å². The fraction of sp³-hybridized carbons (Fsp3) is 0.400. The number of hydrogen-bond donors (Lipinski definition) is 2. The maximum Gasteiger partial charge on any atom is 0.133 e. The molecule has 0 atom stereocenters. The number of methoxy groups -OCH3 is 1. The van der Waals surface area contributed by atoms with E-state index in [9.17, 15) is 0 Å². The Hall–Kier alpha value is -1.81. The van der Waals surface area contributed by atoms with Crippen molar-refractivity contribution in [1.82, 2.24) is 10.3 Å². The Morgan fingerprint density at radius 1 is 1.21 bits per heavy atom. The molecular formula is C15H19N3O. The fourth-order valence-corrected chi connectivity index (χ4v) is 2.24. The predicted octanol–water partition coefficient (Wildman–Crippen LogP) is 2.41. The Morgan fingerprint density at radius 3 is 2.89 bits per heavy atom. The molecule has 0 amide bonds. The van der Waals surface area contributed by atoms with Crippen LogP contribution in [0.5, 0.6) is 5.75 Å². The van der Waals surface area contributed by atoms with Crippen molar-refractivity contribution in [1.29, 1.82) is 0 Å². The summed E-state index contributed by atoms with van der Waals surface area (Å²) in [5, 5.41) is 9.08. The first-order chi connectivity index (χ1) is 9.38. The van der Waals surface area contributed by atoms with Gasteiger partial charge in [-0.1, -0.05) is 12.1 Å². The molecule has 19 heavy (non-hydrogen) atoms. The molecule has 1 saturated carbocycles. The predicted molar refractivity (Wildman–Crippen MR) is 77.8 cm³/mol. The Morgan fingerprint density at radius 2 is 2.11 bits per heavy atom. The van der Waals surface area contributed by atoms with Gasteiger partial charge in [-0.2, -0.15) is 0 Å². The molecule has 1 heterocycles. The van der Waals surface area contributed by atoms with Crippen molar-refractivity contribution in [2.45, 2.75) is 18.9 Å². The smallest absolute Gasteiger partial charge is 0.133 e. The van der Waals surface area contributed by atoms with Crippen molar-refractivity contribution in [3.63, 3.8) is 0 Å². The van der Waals surface area contributed by atoms with Gasteiger partial charge in [-0.3, -0.25) is 0 Å². The Labute approximate surface area is 113 Å². The zero-order valence-corrected chi connectivity index (χ0v) is 11.1. The van der Waals surface area contributed by atoms with Crippen LogP contribution in [0.25, 0.3) is 10.8 Å². The summed E-state index contributed by atoms with van der Waals surface area (Å²) in [4.78, 5) is 4.42. The molecule has 1 aliphatic carbocycles. The Bertz CT molecular complexity index is 566. The Kier molecular flexibility index (Phi) is 3.51. The summed E-state index contributed by atoms with van der Waals surface area (Å²) in [6, 6.07) is 8.78. The number of hydrogen-bond acceptors (Lipinski definition) is 4. The van der Waals surface area contributed by atoms with Gasteiger partial charge in [0.15, 0.2) is 0 Å². The number of benzene rings is 1. The van der Waals surface area contributed by atoms with Gasteiger partial charge >= 0.3 is 0 Å². The van der Waals surface area contributed by atoms with Gasteiger partial charge in [0, 0.05) is 36.1 Å². The average molecular weight is 257 g/mol. The monoisotopic (exact) mass is 257 g/mol. The van der Waals surface area contributed by atoms with Gasteiger partial charge in [-0.05, 0) is 25.0 Å². The molecule has 0 radical (unpaired) electrons. The minimum Gasteiger partial charge on any atom is -0.496 e. The molecule has 0 aliphatic heterocycles. The maximum absolute atomic E-state index is 5.38. The van der Waals surface area contributed by atoms with Gasteiger partial charge in [-0.15, -0.1) is 0 Å². The number of fused-ring (bicyclic) bond motifs is 1. The summed E-state index contributed by atoms with van der Waals surface area (Å²) in [5.74, 6) is 1.81. The van der Waals surface area contributed by atoms with E-state index in [2.05, 4.69) is 21.7 Å². The zero-order chi connectivity index (χ0) is 13.1. The van der Waals surface area contributed by atoms with E-state index in [0.29, 0.717) is 0 Å². The lowest BCUT2D eigenvalue weighted by atomic mass is 10.1. The third kappa shape index (κ3) is 2.79. The van der Waals surface area contributed by atoms with Gasteiger partial charge in [-0.25, -0.2) is 4.98 Å². The first-order valence-electron chi connectivity index (χ1n) is 6.77. The lowest BCUT2D eigenvalue weighted by molar-refractivity contribution is 0.420. The number of rotatable bonds is 6. The lowest BCUT2D eigenvalue weighted by Crippen LogP contribution is -2.24. The van der Waals surface area contributed by atoms with Gasteiger partial charge in [0.2, 0.25) is 0 Å². The lowest BCUT2D eigenvalue weighted by Gasteiger charge is -2.11. The molecule has 4 heteroatoms.